The van der Waals surface area contributed by atoms with Gasteiger partial charge in [0.2, 0.25) is 0 Å². The summed E-state index contributed by atoms with van der Waals surface area (Å²) in [5, 5.41) is 9.89. The third-order valence-corrected chi connectivity index (χ3v) is 3.89. The Kier molecular flexibility index (Phi) is 6.49. The molecule has 21 heavy (non-hydrogen) atoms. The smallest absolute Gasteiger partial charge is 0.122 e. The minimum Gasteiger partial charge on any atom is -0.491 e. The molecule has 2 atom stereocenters. The molecular weight excluding hydrogens is 266 g/mol. The van der Waals surface area contributed by atoms with Gasteiger partial charge in [0, 0.05) is 12.6 Å². The number of rotatable bonds is 8. The van der Waals surface area contributed by atoms with Gasteiger partial charge in [-0.1, -0.05) is 25.5 Å². The molecule has 2 unspecified atom stereocenters. The maximum Gasteiger partial charge on any atom is 0.122 e. The molecule has 0 amide bonds. The molecule has 1 aromatic rings. The average Bonchev–Trinajstić information content (AvgIpc) is 2.50. The van der Waals surface area contributed by atoms with Crippen LogP contribution in [0, 0.1) is 0 Å². The summed E-state index contributed by atoms with van der Waals surface area (Å²) in [5.41, 5.74) is 8.53. The first kappa shape index (κ1) is 16.3. The fourth-order valence-electron chi connectivity index (χ4n) is 2.69. The predicted molar refractivity (Wildman–Crippen MR) is 83.5 cm³/mol. The van der Waals surface area contributed by atoms with E-state index in [0.29, 0.717) is 13.2 Å². The summed E-state index contributed by atoms with van der Waals surface area (Å²) >= 11 is 0. The molecule has 0 fully saturated rings. The van der Waals surface area contributed by atoms with E-state index in [-0.39, 0.29) is 12.6 Å². The highest BCUT2D eigenvalue weighted by atomic mass is 16.5. The standard InChI is InChI=1S/C17H27NO3/c1-2-3-10-20-11-13(19)12-21-17-9-5-6-14-15(17)7-4-8-16(14)18/h5-6,9,13,16,19H,2-4,7-8,10-12,18H2,1H3. The van der Waals surface area contributed by atoms with Crippen molar-refractivity contribution in [3.8, 4) is 5.75 Å². The van der Waals surface area contributed by atoms with Crippen LogP contribution < -0.4 is 10.5 Å². The van der Waals surface area contributed by atoms with Crippen LogP contribution in [-0.4, -0.2) is 31.0 Å². The van der Waals surface area contributed by atoms with Gasteiger partial charge in [-0.2, -0.15) is 0 Å². The van der Waals surface area contributed by atoms with Crippen molar-refractivity contribution in [2.45, 2.75) is 51.2 Å². The Hall–Kier alpha value is -1.10. The SMILES string of the molecule is CCCCOCC(O)COc1cccc2c1CCCC2N. The highest BCUT2D eigenvalue weighted by Gasteiger charge is 2.20. The van der Waals surface area contributed by atoms with Crippen LogP contribution in [0.1, 0.15) is 49.8 Å². The monoisotopic (exact) mass is 293 g/mol. The van der Waals surface area contributed by atoms with E-state index in [2.05, 4.69) is 13.0 Å². The summed E-state index contributed by atoms with van der Waals surface area (Å²) in [7, 11) is 0. The molecule has 118 valence electrons. The topological polar surface area (TPSA) is 64.7 Å². The zero-order chi connectivity index (χ0) is 15.1. The molecule has 0 aromatic heterocycles. The van der Waals surface area contributed by atoms with Gasteiger partial charge in [-0.05, 0) is 42.9 Å². The molecule has 0 saturated carbocycles. The van der Waals surface area contributed by atoms with E-state index in [0.717, 1.165) is 37.9 Å². The van der Waals surface area contributed by atoms with Crippen molar-refractivity contribution < 1.29 is 14.6 Å². The second-order valence-electron chi connectivity index (χ2n) is 5.72. The van der Waals surface area contributed by atoms with E-state index in [1.807, 2.05) is 12.1 Å². The molecule has 0 spiro atoms. The largest absolute Gasteiger partial charge is 0.491 e. The molecule has 1 aromatic carbocycles. The minimum absolute atomic E-state index is 0.111. The number of aliphatic hydroxyl groups is 1. The van der Waals surface area contributed by atoms with E-state index in [1.165, 1.54) is 11.1 Å². The summed E-state index contributed by atoms with van der Waals surface area (Å²) < 4.78 is 11.2. The zero-order valence-electron chi connectivity index (χ0n) is 12.9. The van der Waals surface area contributed by atoms with E-state index < -0.39 is 6.10 Å². The van der Waals surface area contributed by atoms with E-state index in [4.69, 9.17) is 15.2 Å². The third-order valence-electron chi connectivity index (χ3n) is 3.89. The molecule has 0 saturated heterocycles. The van der Waals surface area contributed by atoms with Crippen LogP contribution in [0.3, 0.4) is 0 Å². The second-order valence-corrected chi connectivity index (χ2v) is 5.72. The van der Waals surface area contributed by atoms with Crippen LogP contribution in [-0.2, 0) is 11.2 Å². The molecule has 4 heteroatoms. The number of nitrogens with two attached hydrogens (primary N) is 1. The average molecular weight is 293 g/mol. The highest BCUT2D eigenvalue weighted by Crippen LogP contribution is 2.34. The molecule has 3 N–H and O–H groups in total. The Bertz CT molecular complexity index is 436. The van der Waals surface area contributed by atoms with Crippen LogP contribution >= 0.6 is 0 Å². The summed E-state index contributed by atoms with van der Waals surface area (Å²) in [6.07, 6.45) is 4.67. The van der Waals surface area contributed by atoms with Crippen molar-refractivity contribution in [1.29, 1.82) is 0 Å². The Morgan fingerprint density at radius 2 is 2.24 bits per heavy atom. The van der Waals surface area contributed by atoms with Crippen LogP contribution in [0.15, 0.2) is 18.2 Å². The van der Waals surface area contributed by atoms with Crippen molar-refractivity contribution in [1.82, 2.24) is 0 Å². The zero-order valence-corrected chi connectivity index (χ0v) is 12.9. The van der Waals surface area contributed by atoms with Gasteiger partial charge < -0.3 is 20.3 Å². The molecule has 0 heterocycles. The Labute approximate surface area is 127 Å². The van der Waals surface area contributed by atoms with Gasteiger partial charge in [0.15, 0.2) is 0 Å². The normalized spacial score (nSPS) is 19.1. The molecule has 1 aliphatic carbocycles. The number of fused-ring (bicyclic) bond motifs is 1. The molecule has 0 aliphatic heterocycles. The lowest BCUT2D eigenvalue weighted by Crippen LogP contribution is -2.25. The molecule has 1 aliphatic rings. The molecule has 4 nitrogen and oxygen atoms in total. The molecule has 0 bridgehead atoms. The number of benzene rings is 1. The van der Waals surface area contributed by atoms with Crippen LogP contribution in [0.25, 0.3) is 0 Å². The predicted octanol–water partition coefficient (Wildman–Crippen LogP) is 2.58. The lowest BCUT2D eigenvalue weighted by Gasteiger charge is -2.24. The minimum atomic E-state index is -0.588. The summed E-state index contributed by atoms with van der Waals surface area (Å²) in [5.74, 6) is 0.857. The van der Waals surface area contributed by atoms with Crippen LogP contribution in [0.5, 0.6) is 5.75 Å². The summed E-state index contributed by atoms with van der Waals surface area (Å²) in [6, 6.07) is 6.13. The van der Waals surface area contributed by atoms with Crippen LogP contribution in [0.4, 0.5) is 0 Å². The number of hydrogen-bond donors (Lipinski definition) is 2. The number of hydrogen-bond acceptors (Lipinski definition) is 4. The summed E-state index contributed by atoms with van der Waals surface area (Å²) in [4.78, 5) is 0. The van der Waals surface area contributed by atoms with Gasteiger partial charge in [-0.15, -0.1) is 0 Å². The van der Waals surface area contributed by atoms with Gasteiger partial charge in [-0.3, -0.25) is 0 Å². The van der Waals surface area contributed by atoms with E-state index in [1.54, 1.807) is 0 Å². The van der Waals surface area contributed by atoms with Crippen molar-refractivity contribution in [2.24, 2.45) is 5.73 Å². The lowest BCUT2D eigenvalue weighted by atomic mass is 9.87. The first-order chi connectivity index (χ1) is 10.2. The van der Waals surface area contributed by atoms with Gasteiger partial charge in [0.05, 0.1) is 6.61 Å². The Morgan fingerprint density at radius 1 is 1.38 bits per heavy atom. The maximum atomic E-state index is 9.89. The first-order valence-corrected chi connectivity index (χ1v) is 7.98. The third kappa shape index (κ3) is 4.70. The fraction of sp³-hybridized carbons (Fsp3) is 0.647. The van der Waals surface area contributed by atoms with Crippen molar-refractivity contribution in [3.63, 3.8) is 0 Å². The molecular formula is C17H27NO3. The quantitative estimate of drug-likeness (QED) is 0.723. The highest BCUT2D eigenvalue weighted by molar-refractivity contribution is 5.43. The van der Waals surface area contributed by atoms with Gasteiger partial charge in [0.1, 0.15) is 18.5 Å². The van der Waals surface area contributed by atoms with E-state index in [9.17, 15) is 5.11 Å². The Morgan fingerprint density at radius 3 is 3.05 bits per heavy atom. The number of unbranched alkanes of at least 4 members (excludes halogenated alkanes) is 1. The lowest BCUT2D eigenvalue weighted by molar-refractivity contribution is 0.0111. The fourth-order valence-corrected chi connectivity index (χ4v) is 2.69. The number of ether oxygens (including phenoxy) is 2. The molecule has 0 radical (unpaired) electrons. The van der Waals surface area contributed by atoms with Gasteiger partial charge in [0.25, 0.3) is 0 Å². The van der Waals surface area contributed by atoms with Crippen molar-refractivity contribution in [3.05, 3.63) is 29.3 Å². The van der Waals surface area contributed by atoms with Gasteiger partial charge >= 0.3 is 0 Å². The van der Waals surface area contributed by atoms with Crippen LogP contribution in [0.2, 0.25) is 0 Å². The number of aliphatic hydroxyl groups excluding tert-OH is 1. The van der Waals surface area contributed by atoms with Crippen molar-refractivity contribution >= 4 is 0 Å². The second kappa shape index (κ2) is 8.37. The Balaban J connectivity index is 1.84. The van der Waals surface area contributed by atoms with E-state index >= 15 is 0 Å². The van der Waals surface area contributed by atoms with Crippen molar-refractivity contribution in [2.75, 3.05) is 19.8 Å². The van der Waals surface area contributed by atoms with Gasteiger partial charge in [-0.25, -0.2) is 0 Å². The molecule has 2 rings (SSSR count). The first-order valence-electron chi connectivity index (χ1n) is 7.98. The summed E-state index contributed by atoms with van der Waals surface area (Å²) in [6.45, 7) is 3.40. The maximum absolute atomic E-state index is 9.89.